The van der Waals surface area contributed by atoms with Crippen molar-refractivity contribution in [3.05, 3.63) is 46.2 Å². The summed E-state index contributed by atoms with van der Waals surface area (Å²) in [6.07, 6.45) is 0. The van der Waals surface area contributed by atoms with Crippen LogP contribution in [-0.4, -0.2) is 10.2 Å². The number of rotatable bonds is 2. The van der Waals surface area contributed by atoms with Gasteiger partial charge in [0.15, 0.2) is 11.5 Å². The van der Waals surface area contributed by atoms with Crippen molar-refractivity contribution in [2.24, 2.45) is 5.73 Å². The van der Waals surface area contributed by atoms with Gasteiger partial charge in [-0.15, -0.1) is 11.3 Å². The molecule has 15 heavy (non-hydrogen) atoms. The van der Waals surface area contributed by atoms with Crippen molar-refractivity contribution >= 4 is 11.3 Å². The minimum atomic E-state index is -0.253. The topological polar surface area (TPSA) is 66.5 Å². The summed E-state index contributed by atoms with van der Waals surface area (Å²) in [5.74, 6) is -0.267. The van der Waals surface area contributed by atoms with Crippen LogP contribution in [-0.2, 0) is 0 Å². The van der Waals surface area contributed by atoms with Gasteiger partial charge in [-0.1, -0.05) is 12.1 Å². The molecule has 1 heterocycles. The number of aromatic hydroxyl groups is 2. The van der Waals surface area contributed by atoms with Crippen molar-refractivity contribution in [2.75, 3.05) is 0 Å². The molecule has 78 valence electrons. The Kier molecular flexibility index (Phi) is 2.62. The molecule has 0 radical (unpaired) electrons. The van der Waals surface area contributed by atoms with E-state index in [0.29, 0.717) is 0 Å². The molecule has 2 rings (SSSR count). The molecule has 0 spiro atoms. The number of hydrogen-bond donors (Lipinski definition) is 3. The van der Waals surface area contributed by atoms with E-state index in [0.717, 1.165) is 10.4 Å². The molecule has 0 saturated carbocycles. The Hall–Kier alpha value is -1.52. The van der Waals surface area contributed by atoms with Gasteiger partial charge in [0.1, 0.15) is 0 Å². The van der Waals surface area contributed by atoms with Gasteiger partial charge in [0.05, 0.1) is 6.04 Å². The van der Waals surface area contributed by atoms with E-state index in [1.165, 1.54) is 12.1 Å². The van der Waals surface area contributed by atoms with E-state index in [2.05, 4.69) is 0 Å². The van der Waals surface area contributed by atoms with E-state index in [1.54, 1.807) is 17.4 Å². The molecule has 0 aliphatic heterocycles. The largest absolute Gasteiger partial charge is 0.504 e. The van der Waals surface area contributed by atoms with Crippen LogP contribution < -0.4 is 5.73 Å². The van der Waals surface area contributed by atoms with Gasteiger partial charge >= 0.3 is 0 Å². The zero-order valence-electron chi connectivity index (χ0n) is 7.92. The van der Waals surface area contributed by atoms with Gasteiger partial charge in [-0.2, -0.15) is 0 Å². The fourth-order valence-electron chi connectivity index (χ4n) is 1.37. The molecule has 1 atom stereocenters. The fourth-order valence-corrected chi connectivity index (χ4v) is 2.12. The second-order valence-corrected chi connectivity index (χ2v) is 4.22. The van der Waals surface area contributed by atoms with Gasteiger partial charge in [-0.05, 0) is 29.1 Å². The normalized spacial score (nSPS) is 12.6. The first-order valence-corrected chi connectivity index (χ1v) is 5.37. The lowest BCUT2D eigenvalue weighted by Crippen LogP contribution is -2.09. The van der Waals surface area contributed by atoms with Crippen molar-refractivity contribution in [3.63, 3.8) is 0 Å². The monoisotopic (exact) mass is 221 g/mol. The molecule has 0 fully saturated rings. The van der Waals surface area contributed by atoms with E-state index < -0.39 is 0 Å². The number of nitrogens with two attached hydrogens (primary N) is 1. The zero-order chi connectivity index (χ0) is 10.8. The average Bonchev–Trinajstić information content (AvgIpc) is 2.74. The maximum absolute atomic E-state index is 9.34. The van der Waals surface area contributed by atoms with Crippen LogP contribution in [0.2, 0.25) is 0 Å². The predicted octanol–water partition coefficient (Wildman–Crippen LogP) is 2.21. The van der Waals surface area contributed by atoms with Crippen molar-refractivity contribution in [3.8, 4) is 11.5 Å². The average molecular weight is 221 g/mol. The van der Waals surface area contributed by atoms with E-state index in [1.807, 2.05) is 17.5 Å². The summed E-state index contributed by atoms with van der Waals surface area (Å²) in [7, 11) is 0. The molecular weight excluding hydrogens is 210 g/mol. The maximum Gasteiger partial charge on any atom is 0.157 e. The lowest BCUT2D eigenvalue weighted by atomic mass is 10.1. The first kappa shape index (κ1) is 10.0. The highest BCUT2D eigenvalue weighted by Crippen LogP contribution is 2.30. The fraction of sp³-hybridized carbons (Fsp3) is 0.0909. The summed E-state index contributed by atoms with van der Waals surface area (Å²) in [5.41, 5.74) is 6.78. The maximum atomic E-state index is 9.34. The third-order valence-corrected chi connectivity index (χ3v) is 3.16. The van der Waals surface area contributed by atoms with Crippen LogP contribution in [0.4, 0.5) is 0 Å². The molecule has 1 aromatic heterocycles. The summed E-state index contributed by atoms with van der Waals surface area (Å²) >= 11 is 1.57. The minimum absolute atomic E-state index is 0.128. The van der Waals surface area contributed by atoms with E-state index in [9.17, 15) is 5.11 Å². The zero-order valence-corrected chi connectivity index (χ0v) is 8.74. The van der Waals surface area contributed by atoms with Gasteiger partial charge in [0.2, 0.25) is 0 Å². The number of hydrogen-bond acceptors (Lipinski definition) is 4. The van der Waals surface area contributed by atoms with E-state index in [-0.39, 0.29) is 17.5 Å². The Bertz CT molecular complexity index is 454. The lowest BCUT2D eigenvalue weighted by molar-refractivity contribution is 0.403. The third-order valence-electron chi connectivity index (χ3n) is 2.21. The molecule has 4 heteroatoms. The molecule has 3 nitrogen and oxygen atoms in total. The summed E-state index contributed by atoms with van der Waals surface area (Å²) in [5, 5.41) is 20.5. The second-order valence-electron chi connectivity index (χ2n) is 3.24. The van der Waals surface area contributed by atoms with E-state index >= 15 is 0 Å². The van der Waals surface area contributed by atoms with Crippen LogP contribution in [0.25, 0.3) is 0 Å². The van der Waals surface area contributed by atoms with Crippen LogP contribution >= 0.6 is 11.3 Å². The van der Waals surface area contributed by atoms with Gasteiger partial charge < -0.3 is 15.9 Å². The van der Waals surface area contributed by atoms with Crippen LogP contribution in [0.3, 0.4) is 0 Å². The first-order valence-electron chi connectivity index (χ1n) is 4.49. The van der Waals surface area contributed by atoms with Crippen molar-refractivity contribution in [1.82, 2.24) is 0 Å². The predicted molar refractivity (Wildman–Crippen MR) is 60.1 cm³/mol. The molecule has 0 amide bonds. The molecule has 0 aliphatic carbocycles. The van der Waals surface area contributed by atoms with Crippen molar-refractivity contribution in [1.29, 1.82) is 0 Å². The third kappa shape index (κ3) is 1.95. The highest BCUT2D eigenvalue weighted by molar-refractivity contribution is 7.10. The van der Waals surface area contributed by atoms with Crippen molar-refractivity contribution in [2.45, 2.75) is 6.04 Å². The lowest BCUT2D eigenvalue weighted by Gasteiger charge is -2.10. The molecule has 0 unspecified atom stereocenters. The van der Waals surface area contributed by atoms with Crippen LogP contribution in [0.5, 0.6) is 11.5 Å². The summed E-state index contributed by atoms with van der Waals surface area (Å²) in [6.45, 7) is 0. The van der Waals surface area contributed by atoms with Gasteiger partial charge in [0, 0.05) is 4.88 Å². The molecule has 1 aromatic carbocycles. The second kappa shape index (κ2) is 3.92. The molecule has 2 aromatic rings. The standard InChI is InChI=1S/C11H11NO2S/c12-11(10-2-1-5-15-10)7-3-4-8(13)9(14)6-7/h1-6,11,13-14H,12H2/t11-/m0/s1. The number of phenolic OH excluding ortho intramolecular Hbond substituents is 2. The van der Waals surface area contributed by atoms with Gasteiger partial charge in [0.25, 0.3) is 0 Å². The highest BCUT2D eigenvalue weighted by atomic mass is 32.1. The highest BCUT2D eigenvalue weighted by Gasteiger charge is 2.11. The Labute approximate surface area is 91.4 Å². The minimum Gasteiger partial charge on any atom is -0.504 e. The summed E-state index contributed by atoms with van der Waals surface area (Å²) in [6, 6.07) is 8.26. The quantitative estimate of drug-likeness (QED) is 0.681. The summed E-state index contributed by atoms with van der Waals surface area (Å²) in [4.78, 5) is 1.03. The van der Waals surface area contributed by atoms with E-state index in [4.69, 9.17) is 10.8 Å². The number of phenols is 2. The Morgan fingerprint density at radius 1 is 1.13 bits per heavy atom. The van der Waals surface area contributed by atoms with Gasteiger partial charge in [-0.25, -0.2) is 0 Å². The molecule has 0 aliphatic rings. The Morgan fingerprint density at radius 2 is 1.93 bits per heavy atom. The number of thiophene rings is 1. The van der Waals surface area contributed by atoms with Gasteiger partial charge in [-0.3, -0.25) is 0 Å². The number of benzene rings is 1. The first-order chi connectivity index (χ1) is 7.18. The molecular formula is C11H11NO2S. The Balaban J connectivity index is 2.34. The molecule has 0 bridgehead atoms. The molecule has 4 N–H and O–H groups in total. The molecule has 0 saturated heterocycles. The SMILES string of the molecule is N[C@@H](c1ccc(O)c(O)c1)c1cccs1. The van der Waals surface area contributed by atoms with Crippen LogP contribution in [0.15, 0.2) is 35.7 Å². The Morgan fingerprint density at radius 3 is 2.53 bits per heavy atom. The van der Waals surface area contributed by atoms with Crippen LogP contribution in [0.1, 0.15) is 16.5 Å². The smallest absolute Gasteiger partial charge is 0.157 e. The summed E-state index contributed by atoms with van der Waals surface area (Å²) < 4.78 is 0. The van der Waals surface area contributed by atoms with Crippen LogP contribution in [0, 0.1) is 0 Å². The van der Waals surface area contributed by atoms with Crippen molar-refractivity contribution < 1.29 is 10.2 Å².